The van der Waals surface area contributed by atoms with E-state index in [-0.39, 0.29) is 23.3 Å². The molecule has 10 heteroatoms. The van der Waals surface area contributed by atoms with Crippen molar-refractivity contribution >= 4 is 29.2 Å². The first-order valence-electron chi connectivity index (χ1n) is 8.19. The Morgan fingerprint density at radius 2 is 1.89 bits per heavy atom. The maximum absolute atomic E-state index is 12.5. The lowest BCUT2D eigenvalue weighted by Crippen LogP contribution is -2.36. The molecule has 0 spiro atoms. The number of carboxylic acid groups (broad SMARTS) is 1. The van der Waals surface area contributed by atoms with Gasteiger partial charge < -0.3 is 20.1 Å². The summed E-state index contributed by atoms with van der Waals surface area (Å²) in [7, 11) is 1.20. The van der Waals surface area contributed by atoms with Gasteiger partial charge in [-0.3, -0.25) is 19.7 Å². The maximum Gasteiger partial charge on any atom is 0.335 e. The van der Waals surface area contributed by atoms with Crippen LogP contribution in [0.4, 0.5) is 11.4 Å². The zero-order valence-electron chi connectivity index (χ0n) is 15.5. The van der Waals surface area contributed by atoms with Gasteiger partial charge in [0, 0.05) is 35.5 Å². The molecule has 0 unspecified atom stereocenters. The van der Waals surface area contributed by atoms with E-state index < -0.39 is 29.3 Å². The van der Waals surface area contributed by atoms with Crippen LogP contribution in [0.3, 0.4) is 0 Å². The van der Waals surface area contributed by atoms with Crippen LogP contribution in [0.2, 0.25) is 0 Å². The van der Waals surface area contributed by atoms with Gasteiger partial charge in [0.05, 0.1) is 23.3 Å². The van der Waals surface area contributed by atoms with Crippen molar-refractivity contribution in [2.45, 2.75) is 20.3 Å². The van der Waals surface area contributed by atoms with Crippen molar-refractivity contribution in [2.24, 2.45) is 0 Å². The number of nitrogens with one attached hydrogen (secondary N) is 1. The van der Waals surface area contributed by atoms with Gasteiger partial charge in [-0.1, -0.05) is 6.07 Å². The Hall–Kier alpha value is -3.69. The van der Waals surface area contributed by atoms with E-state index in [0.717, 1.165) is 0 Å². The van der Waals surface area contributed by atoms with Crippen LogP contribution < -0.4 is 10.2 Å². The van der Waals surface area contributed by atoms with Gasteiger partial charge in [0.1, 0.15) is 6.54 Å². The first-order valence-corrected chi connectivity index (χ1v) is 8.19. The quantitative estimate of drug-likeness (QED) is 0.426. The molecule has 28 heavy (non-hydrogen) atoms. The molecule has 1 aliphatic heterocycles. The Bertz CT molecular complexity index is 918. The molecule has 1 aromatic rings. The van der Waals surface area contributed by atoms with E-state index >= 15 is 0 Å². The molecule has 1 aromatic carbocycles. The number of hydrogen-bond donors (Lipinski definition) is 2. The first kappa shape index (κ1) is 20.6. The summed E-state index contributed by atoms with van der Waals surface area (Å²) in [5.41, 5.74) is 1.47. The molecule has 0 bridgehead atoms. The minimum Gasteiger partial charge on any atom is -0.480 e. The third-order valence-corrected chi connectivity index (χ3v) is 4.30. The molecule has 0 atom stereocenters. The Labute approximate surface area is 160 Å². The molecule has 0 radical (unpaired) electrons. The number of benzene rings is 1. The Balaban J connectivity index is 2.58. The van der Waals surface area contributed by atoms with Gasteiger partial charge in [-0.15, -0.1) is 0 Å². The number of ether oxygens (including phenoxy) is 1. The van der Waals surface area contributed by atoms with E-state index in [1.165, 1.54) is 25.3 Å². The molecule has 1 amide bonds. The number of nitrogens with zero attached hydrogens (tertiary/aromatic N) is 2. The second kappa shape index (κ2) is 8.33. The second-order valence-corrected chi connectivity index (χ2v) is 5.99. The highest BCUT2D eigenvalue weighted by Gasteiger charge is 2.31. The van der Waals surface area contributed by atoms with Gasteiger partial charge in [0.25, 0.3) is 5.69 Å². The van der Waals surface area contributed by atoms with Crippen molar-refractivity contribution in [1.29, 1.82) is 0 Å². The van der Waals surface area contributed by atoms with Crippen LogP contribution in [0.5, 0.6) is 0 Å². The van der Waals surface area contributed by atoms with Crippen LogP contribution in [-0.4, -0.2) is 41.5 Å². The minimum atomic E-state index is -1.21. The Kier molecular flexibility index (Phi) is 6.14. The number of non-ortho nitro benzene ring substituents is 1. The van der Waals surface area contributed by atoms with Crippen LogP contribution >= 0.6 is 0 Å². The van der Waals surface area contributed by atoms with E-state index in [0.29, 0.717) is 17.1 Å². The largest absolute Gasteiger partial charge is 0.480 e. The van der Waals surface area contributed by atoms with E-state index in [1.807, 2.05) is 0 Å². The SMILES string of the molecule is COC(=O)C1=C(C)N(c2cccc([N+](=O)[O-])c2)C(C)=C(C(=O)NCC(=O)O)C1. The highest BCUT2D eigenvalue weighted by Crippen LogP contribution is 2.36. The summed E-state index contributed by atoms with van der Waals surface area (Å²) in [5, 5.41) is 22.1. The van der Waals surface area contributed by atoms with E-state index in [1.54, 1.807) is 24.8 Å². The predicted molar refractivity (Wildman–Crippen MR) is 98.3 cm³/mol. The highest BCUT2D eigenvalue weighted by atomic mass is 16.6. The topological polar surface area (TPSA) is 139 Å². The molecular formula is C18H19N3O7. The first-order chi connectivity index (χ1) is 13.2. The zero-order chi connectivity index (χ0) is 21.0. The van der Waals surface area contributed by atoms with Gasteiger partial charge in [0.15, 0.2) is 0 Å². The van der Waals surface area contributed by atoms with Crippen molar-refractivity contribution in [3.05, 3.63) is 56.9 Å². The average Bonchev–Trinajstić information content (AvgIpc) is 2.66. The summed E-state index contributed by atoms with van der Waals surface area (Å²) in [6.07, 6.45) is -0.0543. The smallest absolute Gasteiger partial charge is 0.335 e. The summed E-state index contributed by atoms with van der Waals surface area (Å²) in [6, 6.07) is 5.74. The number of allylic oxidation sites excluding steroid dienone is 2. The normalized spacial score (nSPS) is 14.0. The molecule has 2 rings (SSSR count). The number of hydrogen-bond acceptors (Lipinski definition) is 7. The molecule has 0 aromatic heterocycles. The van der Waals surface area contributed by atoms with Crippen molar-refractivity contribution < 1.29 is 29.2 Å². The van der Waals surface area contributed by atoms with Crippen molar-refractivity contribution in [3.8, 4) is 0 Å². The number of anilines is 1. The van der Waals surface area contributed by atoms with Gasteiger partial charge in [-0.05, 0) is 19.9 Å². The number of nitro groups is 1. The standard InChI is InChI=1S/C18H19N3O7/c1-10-14(17(24)19-9-16(22)23)8-15(18(25)28-3)11(2)20(10)12-5-4-6-13(7-12)21(26)27/h4-7H,8-9H2,1-3H3,(H,19,24)(H,22,23). The number of carbonyl (C=O) groups is 3. The average molecular weight is 389 g/mol. The van der Waals surface area contributed by atoms with E-state index in [9.17, 15) is 24.5 Å². The Morgan fingerprint density at radius 3 is 2.46 bits per heavy atom. The molecule has 0 saturated carbocycles. The fourth-order valence-electron chi connectivity index (χ4n) is 2.94. The fourth-order valence-corrected chi connectivity index (χ4v) is 2.94. The second-order valence-electron chi connectivity index (χ2n) is 5.99. The van der Waals surface area contributed by atoms with Crippen LogP contribution in [0.15, 0.2) is 46.8 Å². The van der Waals surface area contributed by atoms with Gasteiger partial charge in [-0.2, -0.15) is 0 Å². The number of methoxy groups -OCH3 is 1. The monoisotopic (exact) mass is 389 g/mol. The molecule has 10 nitrogen and oxygen atoms in total. The number of nitro benzene ring substituents is 1. The van der Waals surface area contributed by atoms with Crippen LogP contribution in [0.1, 0.15) is 20.3 Å². The summed E-state index contributed by atoms with van der Waals surface area (Å²) in [6.45, 7) is 2.68. The van der Waals surface area contributed by atoms with Crippen LogP contribution in [0, 0.1) is 10.1 Å². The fraction of sp³-hybridized carbons (Fsp3) is 0.278. The molecule has 2 N–H and O–H groups in total. The zero-order valence-corrected chi connectivity index (χ0v) is 15.5. The van der Waals surface area contributed by atoms with Crippen molar-refractivity contribution in [2.75, 3.05) is 18.6 Å². The molecule has 1 aliphatic rings. The van der Waals surface area contributed by atoms with Crippen LogP contribution in [-0.2, 0) is 19.1 Å². The number of esters is 1. The lowest BCUT2D eigenvalue weighted by atomic mass is 9.95. The number of amides is 1. The molecule has 148 valence electrons. The van der Waals surface area contributed by atoms with E-state index in [4.69, 9.17) is 9.84 Å². The Morgan fingerprint density at radius 1 is 1.25 bits per heavy atom. The predicted octanol–water partition coefficient (Wildman–Crippen LogP) is 1.73. The summed E-state index contributed by atoms with van der Waals surface area (Å²) >= 11 is 0. The molecule has 0 aliphatic carbocycles. The third kappa shape index (κ3) is 4.17. The van der Waals surface area contributed by atoms with Crippen molar-refractivity contribution in [3.63, 3.8) is 0 Å². The third-order valence-electron chi connectivity index (χ3n) is 4.30. The van der Waals surface area contributed by atoms with E-state index in [2.05, 4.69) is 5.32 Å². The molecular weight excluding hydrogens is 370 g/mol. The molecule has 0 fully saturated rings. The van der Waals surface area contributed by atoms with Crippen molar-refractivity contribution in [1.82, 2.24) is 5.32 Å². The van der Waals surface area contributed by atoms with Gasteiger partial charge >= 0.3 is 11.9 Å². The van der Waals surface area contributed by atoms with Gasteiger partial charge in [0.2, 0.25) is 5.91 Å². The number of aliphatic carboxylic acids is 1. The maximum atomic E-state index is 12.5. The minimum absolute atomic E-state index is 0.0543. The summed E-state index contributed by atoms with van der Waals surface area (Å²) in [5.74, 6) is -2.51. The number of rotatable bonds is 6. The number of carbonyl (C=O) groups excluding carboxylic acids is 2. The molecule has 1 heterocycles. The number of carboxylic acids is 1. The summed E-state index contributed by atoms with van der Waals surface area (Å²) < 4.78 is 4.79. The van der Waals surface area contributed by atoms with Gasteiger partial charge in [-0.25, -0.2) is 4.79 Å². The van der Waals surface area contributed by atoms with Crippen LogP contribution in [0.25, 0.3) is 0 Å². The highest BCUT2D eigenvalue weighted by molar-refractivity contribution is 6.01. The lowest BCUT2D eigenvalue weighted by Gasteiger charge is -2.33. The molecule has 0 saturated heterocycles. The lowest BCUT2D eigenvalue weighted by molar-refractivity contribution is -0.384. The summed E-state index contributed by atoms with van der Waals surface area (Å²) in [4.78, 5) is 47.5.